The summed E-state index contributed by atoms with van der Waals surface area (Å²) < 4.78 is 7.52. The van der Waals surface area contributed by atoms with Gasteiger partial charge in [0.1, 0.15) is 11.4 Å². The van der Waals surface area contributed by atoms with E-state index in [0.717, 1.165) is 30.7 Å². The summed E-state index contributed by atoms with van der Waals surface area (Å²) in [6, 6.07) is 8.13. The van der Waals surface area contributed by atoms with Crippen molar-refractivity contribution in [3.8, 4) is 11.6 Å². The average molecular weight is 259 g/mol. The number of anilines is 1. The maximum absolute atomic E-state index is 6.03. The topological polar surface area (TPSA) is 53.1 Å². The van der Waals surface area contributed by atoms with E-state index in [-0.39, 0.29) is 0 Å². The Balaban J connectivity index is 2.19. The number of nitrogen functional groups attached to an aromatic ring is 1. The number of nitrogens with two attached hydrogens (primary N) is 1. The van der Waals surface area contributed by atoms with Gasteiger partial charge in [-0.15, -0.1) is 0 Å². The molecule has 0 aliphatic heterocycles. The highest BCUT2D eigenvalue weighted by Gasteiger charge is 2.13. The van der Waals surface area contributed by atoms with E-state index < -0.39 is 0 Å². The van der Waals surface area contributed by atoms with Crippen LogP contribution in [0.2, 0.25) is 0 Å². The van der Waals surface area contributed by atoms with Gasteiger partial charge in [-0.1, -0.05) is 32.4 Å². The van der Waals surface area contributed by atoms with Crippen LogP contribution in [0.15, 0.2) is 24.3 Å². The highest BCUT2D eigenvalue weighted by molar-refractivity contribution is 5.54. The van der Waals surface area contributed by atoms with E-state index in [1.807, 2.05) is 26.1 Å². The molecule has 2 rings (SSSR count). The van der Waals surface area contributed by atoms with Gasteiger partial charge >= 0.3 is 0 Å². The summed E-state index contributed by atoms with van der Waals surface area (Å²) in [5, 5.41) is 4.34. The van der Waals surface area contributed by atoms with Crippen molar-refractivity contribution in [2.75, 3.05) is 5.73 Å². The molecular formula is C15H21N3O. The molecule has 0 saturated carbocycles. The second kappa shape index (κ2) is 5.78. The molecule has 4 heteroatoms. The molecule has 1 aromatic heterocycles. The summed E-state index contributed by atoms with van der Waals surface area (Å²) in [4.78, 5) is 0. The Morgan fingerprint density at radius 1 is 1.21 bits per heavy atom. The Morgan fingerprint density at radius 2 is 1.89 bits per heavy atom. The first-order valence-corrected chi connectivity index (χ1v) is 6.73. The second-order valence-corrected chi connectivity index (χ2v) is 4.64. The molecule has 0 unspecified atom stereocenters. The predicted molar refractivity (Wildman–Crippen MR) is 77.5 cm³/mol. The predicted octanol–water partition coefficient (Wildman–Crippen LogP) is 3.31. The Kier molecular flexibility index (Phi) is 4.10. The van der Waals surface area contributed by atoms with Crippen molar-refractivity contribution >= 4 is 5.69 Å². The van der Waals surface area contributed by atoms with Gasteiger partial charge in [0.05, 0.1) is 5.69 Å². The Bertz CT molecular complexity index is 543. The first kappa shape index (κ1) is 13.5. The number of nitrogens with zero attached hydrogens (tertiary/aromatic N) is 2. The third-order valence-electron chi connectivity index (χ3n) is 3.12. The number of hydrogen-bond donors (Lipinski definition) is 1. The van der Waals surface area contributed by atoms with E-state index in [9.17, 15) is 0 Å². The minimum Gasteiger partial charge on any atom is -0.437 e. The standard InChI is InChI=1S/C15H21N3O/c1-4-6-11-7-9-12(10-8-11)19-15-14(16)13(5-2)17-18(15)3/h7-10H,4-6,16H2,1-3H3. The molecular weight excluding hydrogens is 238 g/mol. The highest BCUT2D eigenvalue weighted by atomic mass is 16.5. The van der Waals surface area contributed by atoms with E-state index in [4.69, 9.17) is 10.5 Å². The van der Waals surface area contributed by atoms with Crippen LogP contribution in [0.25, 0.3) is 0 Å². The molecule has 0 fully saturated rings. The van der Waals surface area contributed by atoms with Crippen LogP contribution in [0.4, 0.5) is 5.69 Å². The molecule has 0 atom stereocenters. The fourth-order valence-electron chi connectivity index (χ4n) is 2.08. The van der Waals surface area contributed by atoms with Gasteiger partial charge in [-0.3, -0.25) is 0 Å². The molecule has 102 valence electrons. The number of hydrogen-bond acceptors (Lipinski definition) is 3. The smallest absolute Gasteiger partial charge is 0.241 e. The third kappa shape index (κ3) is 2.89. The SMILES string of the molecule is CCCc1ccc(Oc2c(N)c(CC)nn2C)cc1. The zero-order valence-electron chi connectivity index (χ0n) is 11.8. The van der Waals surface area contributed by atoms with Crippen LogP contribution in [0, 0.1) is 0 Å². The van der Waals surface area contributed by atoms with Gasteiger partial charge in [-0.2, -0.15) is 5.10 Å². The molecule has 0 bridgehead atoms. The van der Waals surface area contributed by atoms with E-state index in [0.29, 0.717) is 11.6 Å². The molecule has 0 aliphatic carbocycles. The van der Waals surface area contributed by atoms with E-state index in [2.05, 4.69) is 24.2 Å². The molecule has 0 aliphatic rings. The van der Waals surface area contributed by atoms with E-state index >= 15 is 0 Å². The lowest BCUT2D eigenvalue weighted by Gasteiger charge is -2.07. The van der Waals surface area contributed by atoms with Crippen molar-refractivity contribution in [3.05, 3.63) is 35.5 Å². The summed E-state index contributed by atoms with van der Waals surface area (Å²) in [5.41, 5.74) is 8.86. The lowest BCUT2D eigenvalue weighted by atomic mass is 10.1. The van der Waals surface area contributed by atoms with Crippen molar-refractivity contribution in [2.24, 2.45) is 7.05 Å². The summed E-state index contributed by atoms with van der Waals surface area (Å²) in [6.45, 7) is 4.20. The molecule has 0 spiro atoms. The second-order valence-electron chi connectivity index (χ2n) is 4.64. The number of benzene rings is 1. The summed E-state index contributed by atoms with van der Waals surface area (Å²) in [6.07, 6.45) is 3.04. The van der Waals surface area contributed by atoms with Crippen molar-refractivity contribution in [1.82, 2.24) is 9.78 Å². The molecule has 2 N–H and O–H groups in total. The molecule has 0 saturated heterocycles. The molecule has 0 amide bonds. The maximum atomic E-state index is 6.03. The molecule has 1 aromatic carbocycles. The summed E-state index contributed by atoms with van der Waals surface area (Å²) in [5.74, 6) is 1.40. The minimum atomic E-state index is 0.611. The lowest BCUT2D eigenvalue weighted by molar-refractivity contribution is 0.432. The fourth-order valence-corrected chi connectivity index (χ4v) is 2.08. The van der Waals surface area contributed by atoms with Crippen LogP contribution in [0.3, 0.4) is 0 Å². The van der Waals surface area contributed by atoms with Crippen molar-refractivity contribution in [1.29, 1.82) is 0 Å². The fraction of sp³-hybridized carbons (Fsp3) is 0.400. The van der Waals surface area contributed by atoms with Gasteiger partial charge in [0.25, 0.3) is 0 Å². The Hall–Kier alpha value is -1.97. The highest BCUT2D eigenvalue weighted by Crippen LogP contribution is 2.29. The first-order chi connectivity index (χ1) is 9.15. The van der Waals surface area contributed by atoms with Gasteiger partial charge < -0.3 is 10.5 Å². The zero-order valence-corrected chi connectivity index (χ0v) is 11.8. The van der Waals surface area contributed by atoms with Crippen molar-refractivity contribution in [3.63, 3.8) is 0 Å². The minimum absolute atomic E-state index is 0.611. The number of aromatic nitrogens is 2. The van der Waals surface area contributed by atoms with Crippen molar-refractivity contribution < 1.29 is 4.74 Å². The van der Waals surface area contributed by atoms with Gasteiger partial charge in [-0.05, 0) is 30.5 Å². The third-order valence-corrected chi connectivity index (χ3v) is 3.12. The van der Waals surface area contributed by atoms with Gasteiger partial charge in [0.15, 0.2) is 0 Å². The average Bonchev–Trinajstić information content (AvgIpc) is 2.68. The Labute approximate surface area is 114 Å². The van der Waals surface area contributed by atoms with Crippen LogP contribution in [0.5, 0.6) is 11.6 Å². The molecule has 4 nitrogen and oxygen atoms in total. The van der Waals surface area contributed by atoms with E-state index in [1.165, 1.54) is 5.56 Å². The van der Waals surface area contributed by atoms with Crippen LogP contribution >= 0.6 is 0 Å². The summed E-state index contributed by atoms with van der Waals surface area (Å²) >= 11 is 0. The maximum Gasteiger partial charge on any atom is 0.241 e. The van der Waals surface area contributed by atoms with Gasteiger partial charge in [0, 0.05) is 7.05 Å². The normalized spacial score (nSPS) is 10.7. The van der Waals surface area contributed by atoms with Crippen LogP contribution in [-0.4, -0.2) is 9.78 Å². The van der Waals surface area contributed by atoms with Crippen LogP contribution in [-0.2, 0) is 19.9 Å². The first-order valence-electron chi connectivity index (χ1n) is 6.73. The molecule has 19 heavy (non-hydrogen) atoms. The number of ether oxygens (including phenoxy) is 1. The largest absolute Gasteiger partial charge is 0.437 e. The van der Waals surface area contributed by atoms with Gasteiger partial charge in [0.2, 0.25) is 5.88 Å². The molecule has 2 aromatic rings. The zero-order chi connectivity index (χ0) is 13.8. The van der Waals surface area contributed by atoms with E-state index in [1.54, 1.807) is 4.68 Å². The monoisotopic (exact) mass is 259 g/mol. The molecule has 0 radical (unpaired) electrons. The number of rotatable bonds is 5. The Morgan fingerprint density at radius 3 is 2.42 bits per heavy atom. The van der Waals surface area contributed by atoms with Crippen molar-refractivity contribution in [2.45, 2.75) is 33.1 Å². The van der Waals surface area contributed by atoms with Crippen LogP contribution < -0.4 is 10.5 Å². The summed E-state index contributed by atoms with van der Waals surface area (Å²) in [7, 11) is 1.84. The quantitative estimate of drug-likeness (QED) is 0.896. The molecule has 1 heterocycles. The van der Waals surface area contributed by atoms with Gasteiger partial charge in [-0.25, -0.2) is 4.68 Å². The number of aryl methyl sites for hydroxylation is 3. The van der Waals surface area contributed by atoms with Crippen LogP contribution in [0.1, 0.15) is 31.5 Å². The lowest BCUT2D eigenvalue weighted by Crippen LogP contribution is -1.97.